The van der Waals surface area contributed by atoms with Gasteiger partial charge in [0.15, 0.2) is 0 Å². The molecule has 0 bridgehead atoms. The molecule has 0 N–H and O–H groups in total. The average Bonchev–Trinajstić information content (AvgIpc) is 3.06. The van der Waals surface area contributed by atoms with Crippen LogP contribution in [0.3, 0.4) is 0 Å². The number of benzene rings is 2. The summed E-state index contributed by atoms with van der Waals surface area (Å²) in [5, 5.41) is 0. The van der Waals surface area contributed by atoms with Gasteiger partial charge in [0.1, 0.15) is 11.4 Å². The fourth-order valence-electron chi connectivity index (χ4n) is 3.29. The summed E-state index contributed by atoms with van der Waals surface area (Å²) < 4.78 is 0. The van der Waals surface area contributed by atoms with E-state index in [1.807, 2.05) is 36.4 Å². The van der Waals surface area contributed by atoms with Gasteiger partial charge in [0.2, 0.25) is 11.6 Å². The zero-order valence-electron chi connectivity index (χ0n) is 12.9. The fraction of sp³-hybridized carbons (Fsp3) is 0. The molecule has 0 aromatic heterocycles. The summed E-state index contributed by atoms with van der Waals surface area (Å²) in [6, 6.07) is 14.5. The number of hydrogen-bond acceptors (Lipinski definition) is 4. The third-order valence-corrected chi connectivity index (χ3v) is 4.32. The maximum atomic E-state index is 13.0. The van der Waals surface area contributed by atoms with E-state index in [9.17, 15) is 9.59 Å². The molecule has 0 spiro atoms. The summed E-state index contributed by atoms with van der Waals surface area (Å²) in [6.07, 6.45) is 3.12. The quantitative estimate of drug-likeness (QED) is 0.789. The number of para-hydroxylation sites is 2. The van der Waals surface area contributed by atoms with Crippen LogP contribution < -0.4 is 9.80 Å². The van der Waals surface area contributed by atoms with Crippen LogP contribution in [-0.4, -0.2) is 11.6 Å². The van der Waals surface area contributed by atoms with E-state index in [1.54, 1.807) is 34.3 Å². The van der Waals surface area contributed by atoms with Gasteiger partial charge in [0.05, 0.1) is 11.4 Å². The smallest absolute Gasteiger partial charge is 0.214 e. The number of rotatable bonds is 2. The molecule has 116 valence electrons. The first-order chi connectivity index (χ1) is 11.7. The predicted molar refractivity (Wildman–Crippen MR) is 93.9 cm³/mol. The van der Waals surface area contributed by atoms with E-state index in [0.29, 0.717) is 22.5 Å². The van der Waals surface area contributed by atoms with Gasteiger partial charge in [0, 0.05) is 23.5 Å². The van der Waals surface area contributed by atoms with Crippen molar-refractivity contribution in [1.82, 2.24) is 0 Å². The van der Waals surface area contributed by atoms with Gasteiger partial charge in [-0.25, -0.2) is 0 Å². The molecule has 0 unspecified atom stereocenters. The van der Waals surface area contributed by atoms with E-state index in [-0.39, 0.29) is 11.6 Å². The Morgan fingerprint density at radius 1 is 0.667 bits per heavy atom. The topological polar surface area (TPSA) is 40.6 Å². The third kappa shape index (κ3) is 1.68. The highest BCUT2D eigenvalue weighted by molar-refractivity contribution is 6.28. The highest BCUT2D eigenvalue weighted by Crippen LogP contribution is 2.42. The van der Waals surface area contributed by atoms with Gasteiger partial charge >= 0.3 is 0 Å². The number of anilines is 2. The Labute approximate surface area is 139 Å². The number of fused-ring (bicyclic) bond motifs is 2. The van der Waals surface area contributed by atoms with Gasteiger partial charge in [-0.3, -0.25) is 9.59 Å². The zero-order valence-corrected chi connectivity index (χ0v) is 12.9. The normalized spacial score (nSPS) is 18.7. The van der Waals surface area contributed by atoms with Crippen molar-refractivity contribution in [3.8, 4) is 0 Å². The van der Waals surface area contributed by atoms with Crippen molar-refractivity contribution in [3.63, 3.8) is 0 Å². The van der Waals surface area contributed by atoms with Crippen LogP contribution in [0.1, 0.15) is 20.7 Å². The molecule has 2 aromatic rings. The second-order valence-corrected chi connectivity index (χ2v) is 5.49. The molecule has 2 aliphatic heterocycles. The van der Waals surface area contributed by atoms with Crippen LogP contribution in [0.15, 0.2) is 85.5 Å². The molecule has 4 nitrogen and oxygen atoms in total. The Kier molecular flexibility index (Phi) is 3.00. The maximum absolute atomic E-state index is 13.0. The molecule has 24 heavy (non-hydrogen) atoms. The van der Waals surface area contributed by atoms with Crippen molar-refractivity contribution in [2.45, 2.75) is 0 Å². The van der Waals surface area contributed by atoms with Gasteiger partial charge < -0.3 is 9.80 Å². The number of carbonyl (C=O) groups is 2. The highest BCUT2D eigenvalue weighted by atomic mass is 16.1. The van der Waals surface area contributed by atoms with Crippen molar-refractivity contribution >= 4 is 22.9 Å². The van der Waals surface area contributed by atoms with Crippen LogP contribution in [0.25, 0.3) is 0 Å². The minimum atomic E-state index is -0.187. The Morgan fingerprint density at radius 3 is 1.42 bits per heavy atom. The first-order valence-electron chi connectivity index (χ1n) is 7.54. The number of allylic oxidation sites excluding steroid dienone is 2. The van der Waals surface area contributed by atoms with Crippen LogP contribution in [0.2, 0.25) is 0 Å². The second kappa shape index (κ2) is 5.06. The lowest BCUT2D eigenvalue weighted by Gasteiger charge is -2.21. The molecule has 0 radical (unpaired) electrons. The van der Waals surface area contributed by atoms with E-state index in [0.717, 1.165) is 11.4 Å². The molecular weight excluding hydrogens is 300 g/mol. The van der Waals surface area contributed by atoms with Crippen molar-refractivity contribution in [3.05, 3.63) is 96.6 Å². The monoisotopic (exact) mass is 314 g/mol. The molecule has 2 aliphatic rings. The number of carbonyl (C=O) groups excluding carboxylic acids is 2. The minimum absolute atomic E-state index is 0.187. The molecule has 0 atom stereocenters. The standard InChI is InChI=1S/C20H14N2O2/c1-3-21-15-11-7-5-9-13(15)19(23)17(21)18-20(24)14-10-6-8-12-16(14)22(18)4-2/h3-12H,1-2H2. The molecule has 0 fully saturated rings. The fourth-order valence-corrected chi connectivity index (χ4v) is 3.29. The number of hydrogen-bond donors (Lipinski definition) is 0. The number of ketones is 2. The molecule has 4 rings (SSSR count). The van der Waals surface area contributed by atoms with Gasteiger partial charge in [-0.2, -0.15) is 0 Å². The Morgan fingerprint density at radius 2 is 1.04 bits per heavy atom. The van der Waals surface area contributed by atoms with Crippen LogP contribution >= 0.6 is 0 Å². The van der Waals surface area contributed by atoms with Crippen LogP contribution in [0.4, 0.5) is 11.4 Å². The van der Waals surface area contributed by atoms with E-state index < -0.39 is 0 Å². The van der Waals surface area contributed by atoms with Gasteiger partial charge in [0.25, 0.3) is 0 Å². The molecule has 2 aromatic carbocycles. The molecule has 0 saturated heterocycles. The maximum Gasteiger partial charge on any atom is 0.214 e. The van der Waals surface area contributed by atoms with E-state index >= 15 is 0 Å². The van der Waals surface area contributed by atoms with Crippen molar-refractivity contribution < 1.29 is 9.59 Å². The van der Waals surface area contributed by atoms with Crippen LogP contribution in [0, 0.1) is 0 Å². The largest absolute Gasteiger partial charge is 0.312 e. The summed E-state index contributed by atoms with van der Waals surface area (Å²) in [5.41, 5.74) is 3.21. The average molecular weight is 314 g/mol. The molecule has 4 heteroatoms. The summed E-state index contributed by atoms with van der Waals surface area (Å²) in [6.45, 7) is 7.61. The Bertz CT molecular complexity index is 878. The first kappa shape index (κ1) is 14.2. The van der Waals surface area contributed by atoms with Crippen molar-refractivity contribution in [2.24, 2.45) is 0 Å². The molecule has 2 heterocycles. The second-order valence-electron chi connectivity index (χ2n) is 5.49. The molecule has 0 amide bonds. The van der Waals surface area contributed by atoms with E-state index in [1.165, 1.54) is 0 Å². The lowest BCUT2D eigenvalue weighted by molar-refractivity contribution is 0.101. The van der Waals surface area contributed by atoms with Gasteiger partial charge in [-0.05, 0) is 24.3 Å². The Hall–Kier alpha value is -3.40. The lowest BCUT2D eigenvalue weighted by atomic mass is 10.1. The SMILES string of the molecule is C=CN1C(=C2C(=O)c3ccccc3N2C=C)C(=O)c2ccccc21. The van der Waals surface area contributed by atoms with Gasteiger partial charge in [-0.15, -0.1) is 0 Å². The highest BCUT2D eigenvalue weighted by Gasteiger charge is 2.41. The van der Waals surface area contributed by atoms with E-state index in [2.05, 4.69) is 13.2 Å². The predicted octanol–water partition coefficient (Wildman–Crippen LogP) is 3.89. The van der Waals surface area contributed by atoms with Crippen LogP contribution in [0.5, 0.6) is 0 Å². The summed E-state index contributed by atoms with van der Waals surface area (Å²) in [7, 11) is 0. The van der Waals surface area contributed by atoms with E-state index in [4.69, 9.17) is 0 Å². The lowest BCUT2D eigenvalue weighted by Crippen LogP contribution is -2.24. The van der Waals surface area contributed by atoms with Crippen molar-refractivity contribution in [1.29, 1.82) is 0 Å². The Balaban J connectivity index is 2.01. The van der Waals surface area contributed by atoms with Crippen molar-refractivity contribution in [2.75, 3.05) is 9.80 Å². The summed E-state index contributed by atoms with van der Waals surface area (Å²) in [5.74, 6) is -0.373. The molecule has 0 saturated carbocycles. The summed E-state index contributed by atoms with van der Waals surface area (Å²) >= 11 is 0. The molecule has 0 aliphatic carbocycles. The molecular formula is C20H14N2O2. The zero-order chi connectivity index (χ0) is 16.8. The minimum Gasteiger partial charge on any atom is -0.312 e. The third-order valence-electron chi connectivity index (χ3n) is 4.32. The van der Waals surface area contributed by atoms with Gasteiger partial charge in [-0.1, -0.05) is 37.4 Å². The first-order valence-corrected chi connectivity index (χ1v) is 7.54. The summed E-state index contributed by atoms with van der Waals surface area (Å²) in [4.78, 5) is 29.2. The number of Topliss-reactive ketones (excluding diaryl/α,β-unsaturated/α-hetero) is 2. The number of nitrogens with zero attached hydrogens (tertiary/aromatic N) is 2. The van der Waals surface area contributed by atoms with Crippen LogP contribution in [-0.2, 0) is 0 Å².